The van der Waals surface area contributed by atoms with E-state index >= 15 is 0 Å². The SMILES string of the molecule is O=C(Nc1ccc(F)cc1)c1nnc(C2CCCN2C(=O)c2cccc(F)c2)s1. The number of aromatic nitrogens is 2. The fraction of sp³-hybridized carbons (Fsp3) is 0.200. The van der Waals surface area contributed by atoms with Crippen molar-refractivity contribution >= 4 is 28.8 Å². The number of anilines is 1. The summed E-state index contributed by atoms with van der Waals surface area (Å²) in [5, 5.41) is 11.4. The Labute approximate surface area is 169 Å². The van der Waals surface area contributed by atoms with Gasteiger partial charge in [0.25, 0.3) is 11.8 Å². The number of nitrogens with one attached hydrogen (secondary N) is 1. The van der Waals surface area contributed by atoms with Crippen molar-refractivity contribution in [3.8, 4) is 0 Å². The predicted octanol–water partition coefficient (Wildman–Crippen LogP) is 4.05. The minimum Gasteiger partial charge on any atom is -0.329 e. The third kappa shape index (κ3) is 4.14. The van der Waals surface area contributed by atoms with E-state index in [0.29, 0.717) is 23.7 Å². The average molecular weight is 414 g/mol. The number of carbonyl (C=O) groups is 2. The van der Waals surface area contributed by atoms with E-state index in [-0.39, 0.29) is 22.5 Å². The molecule has 2 heterocycles. The topological polar surface area (TPSA) is 75.2 Å². The number of nitrogens with zero attached hydrogens (tertiary/aromatic N) is 3. The lowest BCUT2D eigenvalue weighted by molar-refractivity contribution is 0.0734. The Balaban J connectivity index is 1.49. The zero-order valence-corrected chi connectivity index (χ0v) is 16.0. The van der Waals surface area contributed by atoms with Crippen LogP contribution in [0.2, 0.25) is 0 Å². The molecule has 4 rings (SSSR count). The van der Waals surface area contributed by atoms with Gasteiger partial charge in [0, 0.05) is 17.8 Å². The molecule has 1 unspecified atom stereocenters. The first-order valence-electron chi connectivity index (χ1n) is 8.98. The summed E-state index contributed by atoms with van der Waals surface area (Å²) in [6, 6.07) is 10.6. The molecule has 0 radical (unpaired) electrons. The highest BCUT2D eigenvalue weighted by Crippen LogP contribution is 2.34. The van der Waals surface area contributed by atoms with E-state index in [1.165, 1.54) is 42.5 Å². The normalized spacial score (nSPS) is 16.1. The Morgan fingerprint density at radius 1 is 1.07 bits per heavy atom. The zero-order valence-electron chi connectivity index (χ0n) is 15.1. The summed E-state index contributed by atoms with van der Waals surface area (Å²) >= 11 is 1.10. The highest BCUT2D eigenvalue weighted by Gasteiger charge is 2.33. The first kappa shape index (κ1) is 19.1. The zero-order chi connectivity index (χ0) is 20.4. The van der Waals surface area contributed by atoms with Gasteiger partial charge in [0.1, 0.15) is 16.6 Å². The van der Waals surface area contributed by atoms with Crippen molar-refractivity contribution in [2.75, 3.05) is 11.9 Å². The molecule has 6 nitrogen and oxygen atoms in total. The van der Waals surface area contributed by atoms with Gasteiger partial charge in [0.15, 0.2) is 0 Å². The number of amides is 2. The molecule has 2 amide bonds. The molecule has 1 aromatic heterocycles. The molecule has 148 valence electrons. The lowest BCUT2D eigenvalue weighted by Gasteiger charge is -2.22. The number of benzene rings is 2. The fourth-order valence-electron chi connectivity index (χ4n) is 3.23. The molecule has 0 bridgehead atoms. The summed E-state index contributed by atoms with van der Waals surface area (Å²) in [6.07, 6.45) is 1.47. The molecule has 9 heteroatoms. The second-order valence-electron chi connectivity index (χ2n) is 6.57. The first-order valence-corrected chi connectivity index (χ1v) is 9.80. The second-order valence-corrected chi connectivity index (χ2v) is 7.58. The maximum atomic E-state index is 13.5. The van der Waals surface area contributed by atoms with Gasteiger partial charge in [-0.25, -0.2) is 8.78 Å². The van der Waals surface area contributed by atoms with Crippen molar-refractivity contribution in [3.63, 3.8) is 0 Å². The predicted molar refractivity (Wildman–Crippen MR) is 104 cm³/mol. The molecular weight excluding hydrogens is 398 g/mol. The molecule has 1 saturated heterocycles. The van der Waals surface area contributed by atoms with Crippen LogP contribution in [-0.2, 0) is 0 Å². The lowest BCUT2D eigenvalue weighted by atomic mass is 10.1. The highest BCUT2D eigenvalue weighted by molar-refractivity contribution is 7.13. The molecule has 0 aliphatic carbocycles. The largest absolute Gasteiger partial charge is 0.329 e. The van der Waals surface area contributed by atoms with Gasteiger partial charge >= 0.3 is 0 Å². The van der Waals surface area contributed by atoms with E-state index in [1.807, 2.05) is 0 Å². The summed E-state index contributed by atoms with van der Waals surface area (Å²) in [6.45, 7) is 0.525. The molecule has 29 heavy (non-hydrogen) atoms. The molecule has 1 aliphatic rings. The fourth-order valence-corrected chi connectivity index (χ4v) is 4.12. The van der Waals surface area contributed by atoms with Gasteiger partial charge in [-0.3, -0.25) is 9.59 Å². The Hall–Kier alpha value is -3.20. The number of rotatable bonds is 4. The average Bonchev–Trinajstić information content (AvgIpc) is 3.38. The maximum absolute atomic E-state index is 13.5. The van der Waals surface area contributed by atoms with Crippen LogP contribution in [0.25, 0.3) is 0 Å². The maximum Gasteiger partial charge on any atom is 0.286 e. The van der Waals surface area contributed by atoms with Crippen molar-refractivity contribution in [1.29, 1.82) is 0 Å². The Morgan fingerprint density at radius 2 is 1.86 bits per heavy atom. The number of carbonyl (C=O) groups excluding carboxylic acids is 2. The molecule has 2 aromatic carbocycles. The third-order valence-corrected chi connectivity index (χ3v) is 5.63. The van der Waals surface area contributed by atoms with Crippen molar-refractivity contribution in [3.05, 3.63) is 75.7 Å². The quantitative estimate of drug-likeness (QED) is 0.699. The van der Waals surface area contributed by atoms with E-state index in [4.69, 9.17) is 0 Å². The van der Waals surface area contributed by atoms with Gasteiger partial charge in [-0.1, -0.05) is 17.4 Å². The van der Waals surface area contributed by atoms with E-state index < -0.39 is 17.5 Å². The summed E-state index contributed by atoms with van der Waals surface area (Å²) in [5.74, 6) is -1.60. The van der Waals surface area contributed by atoms with E-state index in [2.05, 4.69) is 15.5 Å². The van der Waals surface area contributed by atoms with Crippen LogP contribution in [0.5, 0.6) is 0 Å². The summed E-state index contributed by atoms with van der Waals surface area (Å²) in [4.78, 5) is 26.8. The van der Waals surface area contributed by atoms with Crippen LogP contribution in [0, 0.1) is 11.6 Å². The van der Waals surface area contributed by atoms with Crippen molar-refractivity contribution in [1.82, 2.24) is 15.1 Å². The molecule has 1 fully saturated rings. The van der Waals surface area contributed by atoms with Gasteiger partial charge in [0.05, 0.1) is 6.04 Å². The smallest absolute Gasteiger partial charge is 0.286 e. The van der Waals surface area contributed by atoms with Crippen LogP contribution >= 0.6 is 11.3 Å². The van der Waals surface area contributed by atoms with Crippen LogP contribution in [0.15, 0.2) is 48.5 Å². The van der Waals surface area contributed by atoms with Crippen molar-refractivity contribution < 1.29 is 18.4 Å². The number of hydrogen-bond acceptors (Lipinski definition) is 5. The van der Waals surface area contributed by atoms with Crippen LogP contribution in [0.4, 0.5) is 14.5 Å². The van der Waals surface area contributed by atoms with E-state index in [1.54, 1.807) is 11.0 Å². The van der Waals surface area contributed by atoms with Crippen LogP contribution in [-0.4, -0.2) is 33.5 Å². The Kier molecular flexibility index (Phi) is 5.30. The number of halogens is 2. The molecule has 3 aromatic rings. The second kappa shape index (κ2) is 8.04. The molecule has 1 aliphatic heterocycles. The van der Waals surface area contributed by atoms with Gasteiger partial charge in [-0.05, 0) is 55.3 Å². The molecule has 0 saturated carbocycles. The van der Waals surface area contributed by atoms with Crippen LogP contribution in [0.1, 0.15) is 44.1 Å². The minimum atomic E-state index is -0.470. The Morgan fingerprint density at radius 3 is 2.62 bits per heavy atom. The number of hydrogen-bond donors (Lipinski definition) is 1. The van der Waals surface area contributed by atoms with Crippen molar-refractivity contribution in [2.24, 2.45) is 0 Å². The van der Waals surface area contributed by atoms with Crippen LogP contribution < -0.4 is 5.32 Å². The van der Waals surface area contributed by atoms with Gasteiger partial charge in [-0.15, -0.1) is 10.2 Å². The monoisotopic (exact) mass is 414 g/mol. The van der Waals surface area contributed by atoms with E-state index in [0.717, 1.165) is 17.8 Å². The van der Waals surface area contributed by atoms with Gasteiger partial charge in [-0.2, -0.15) is 0 Å². The molecule has 0 spiro atoms. The number of likely N-dealkylation sites (tertiary alicyclic amines) is 1. The standard InChI is InChI=1S/C20H16F2N4O2S/c21-13-6-8-15(9-7-13)23-17(27)19-25-24-18(29-19)16-5-2-10-26(16)20(28)12-3-1-4-14(22)11-12/h1,3-4,6-9,11,16H,2,5,10H2,(H,23,27). The van der Waals surface area contributed by atoms with E-state index in [9.17, 15) is 18.4 Å². The van der Waals surface area contributed by atoms with Gasteiger partial charge in [0.2, 0.25) is 5.01 Å². The minimum absolute atomic E-state index is 0.148. The molecule has 1 N–H and O–H groups in total. The Bertz CT molecular complexity index is 1050. The van der Waals surface area contributed by atoms with Gasteiger partial charge < -0.3 is 10.2 Å². The molecular formula is C20H16F2N4O2S. The summed E-state index contributed by atoms with van der Waals surface area (Å²) in [5.41, 5.74) is 0.715. The van der Waals surface area contributed by atoms with Crippen LogP contribution in [0.3, 0.4) is 0 Å². The summed E-state index contributed by atoms with van der Waals surface area (Å²) in [7, 11) is 0. The molecule has 1 atom stereocenters. The summed E-state index contributed by atoms with van der Waals surface area (Å²) < 4.78 is 26.5. The van der Waals surface area contributed by atoms with Crippen molar-refractivity contribution in [2.45, 2.75) is 18.9 Å². The highest BCUT2D eigenvalue weighted by atomic mass is 32.1. The first-order chi connectivity index (χ1) is 14.0. The third-order valence-electron chi connectivity index (χ3n) is 4.61. The lowest BCUT2D eigenvalue weighted by Crippen LogP contribution is -2.30.